The molecule has 4 rings (SSSR count). The van der Waals surface area contributed by atoms with E-state index in [1.54, 1.807) is 17.8 Å². The van der Waals surface area contributed by atoms with Crippen LogP contribution in [0, 0.1) is 13.8 Å². The van der Waals surface area contributed by atoms with Crippen molar-refractivity contribution in [3.63, 3.8) is 0 Å². The largest absolute Gasteiger partial charge is 0.497 e. The lowest BCUT2D eigenvalue weighted by Crippen LogP contribution is -2.34. The first-order valence-corrected chi connectivity index (χ1v) is 9.85. The van der Waals surface area contributed by atoms with Gasteiger partial charge in [-0.2, -0.15) is 5.10 Å². The molecule has 0 unspecified atom stereocenters. The summed E-state index contributed by atoms with van der Waals surface area (Å²) in [5.74, 6) is 0.836. The third-order valence-electron chi connectivity index (χ3n) is 5.52. The van der Waals surface area contributed by atoms with Crippen LogP contribution in [0.15, 0.2) is 36.5 Å². The Kier molecular flexibility index (Phi) is 5.03. The molecule has 0 saturated carbocycles. The van der Waals surface area contributed by atoms with E-state index in [1.165, 1.54) is 0 Å². The Bertz CT molecular complexity index is 994. The number of methoxy groups -OCH3 is 1. The number of hydrogen-bond donors (Lipinski definition) is 0. The molecule has 0 bridgehead atoms. The molecule has 6 nitrogen and oxygen atoms in total. The van der Waals surface area contributed by atoms with Crippen molar-refractivity contribution >= 4 is 11.6 Å². The molecule has 3 heterocycles. The van der Waals surface area contributed by atoms with Crippen molar-refractivity contribution in [2.24, 2.45) is 0 Å². The Balaban J connectivity index is 1.72. The Morgan fingerprint density at radius 3 is 2.68 bits per heavy atom. The maximum absolute atomic E-state index is 13.6. The van der Waals surface area contributed by atoms with E-state index < -0.39 is 0 Å². The lowest BCUT2D eigenvalue weighted by molar-refractivity contribution is 0.0682. The number of ether oxygens (including phenoxy) is 1. The normalized spacial score (nSPS) is 17.5. The third kappa shape index (κ3) is 3.35. The number of amides is 1. The molecular formula is C22H26N4O2. The number of aromatic nitrogens is 3. The van der Waals surface area contributed by atoms with Crippen LogP contribution >= 0.6 is 0 Å². The van der Waals surface area contributed by atoms with E-state index in [0.717, 1.165) is 54.9 Å². The third-order valence-corrected chi connectivity index (χ3v) is 5.52. The minimum absolute atomic E-state index is 0.00946. The van der Waals surface area contributed by atoms with Crippen molar-refractivity contribution in [1.29, 1.82) is 0 Å². The minimum atomic E-state index is 0.00946. The molecule has 1 aliphatic rings. The van der Waals surface area contributed by atoms with Gasteiger partial charge < -0.3 is 9.64 Å². The fourth-order valence-electron chi connectivity index (χ4n) is 4.10. The highest BCUT2D eigenvalue weighted by Gasteiger charge is 2.30. The van der Waals surface area contributed by atoms with Gasteiger partial charge in [0.15, 0.2) is 5.65 Å². The minimum Gasteiger partial charge on any atom is -0.497 e. The summed E-state index contributed by atoms with van der Waals surface area (Å²) in [4.78, 5) is 20.2. The number of rotatable bonds is 3. The summed E-state index contributed by atoms with van der Waals surface area (Å²) < 4.78 is 7.04. The van der Waals surface area contributed by atoms with E-state index in [9.17, 15) is 4.79 Å². The van der Waals surface area contributed by atoms with Gasteiger partial charge in [0.25, 0.3) is 5.91 Å². The summed E-state index contributed by atoms with van der Waals surface area (Å²) in [5.41, 5.74) is 4.23. The van der Waals surface area contributed by atoms with Crippen LogP contribution in [-0.4, -0.2) is 39.1 Å². The van der Waals surface area contributed by atoms with Crippen molar-refractivity contribution < 1.29 is 9.53 Å². The number of benzene rings is 1. The second-order valence-electron chi connectivity index (χ2n) is 7.47. The van der Waals surface area contributed by atoms with Crippen LogP contribution in [0.2, 0.25) is 0 Å². The number of hydrogen-bond acceptors (Lipinski definition) is 4. The molecule has 1 saturated heterocycles. The molecule has 2 aromatic heterocycles. The highest BCUT2D eigenvalue weighted by Crippen LogP contribution is 2.32. The van der Waals surface area contributed by atoms with Gasteiger partial charge in [-0.1, -0.05) is 25.0 Å². The van der Waals surface area contributed by atoms with Crippen molar-refractivity contribution in [1.82, 2.24) is 19.5 Å². The fraction of sp³-hybridized carbons (Fsp3) is 0.409. The lowest BCUT2D eigenvalue weighted by atomic mass is 10.00. The molecule has 1 aromatic carbocycles. The molecule has 6 heteroatoms. The van der Waals surface area contributed by atoms with E-state index in [4.69, 9.17) is 4.74 Å². The average Bonchev–Trinajstić information content (AvgIpc) is 2.97. The molecule has 28 heavy (non-hydrogen) atoms. The molecule has 0 aliphatic carbocycles. The Labute approximate surface area is 165 Å². The molecule has 1 amide bonds. The van der Waals surface area contributed by atoms with Crippen molar-refractivity contribution in [2.75, 3.05) is 13.7 Å². The highest BCUT2D eigenvalue weighted by molar-refractivity contribution is 6.00. The molecule has 3 aromatic rings. The molecule has 1 atom stereocenters. The van der Waals surface area contributed by atoms with Crippen LogP contribution in [-0.2, 0) is 0 Å². The average molecular weight is 378 g/mol. The molecule has 0 spiro atoms. The molecular weight excluding hydrogens is 352 g/mol. The first-order chi connectivity index (χ1) is 13.6. The summed E-state index contributed by atoms with van der Waals surface area (Å²) in [7, 11) is 1.67. The van der Waals surface area contributed by atoms with Gasteiger partial charge >= 0.3 is 0 Å². The quantitative estimate of drug-likeness (QED) is 0.688. The molecule has 0 radical (unpaired) electrons. The first-order valence-electron chi connectivity index (χ1n) is 9.85. The molecule has 1 fully saturated rings. The van der Waals surface area contributed by atoms with Crippen LogP contribution in [0.1, 0.15) is 59.0 Å². The van der Waals surface area contributed by atoms with Crippen molar-refractivity contribution in [3.05, 3.63) is 59.0 Å². The van der Waals surface area contributed by atoms with Gasteiger partial charge in [0.1, 0.15) is 11.3 Å². The summed E-state index contributed by atoms with van der Waals surface area (Å²) in [6.07, 6.45) is 5.90. The lowest BCUT2D eigenvalue weighted by Gasteiger charge is -2.30. The molecule has 0 N–H and O–H groups in total. The summed E-state index contributed by atoms with van der Waals surface area (Å²) in [6.45, 7) is 4.67. The van der Waals surface area contributed by atoms with Crippen molar-refractivity contribution in [2.45, 2.75) is 45.6 Å². The monoisotopic (exact) mass is 378 g/mol. The predicted octanol–water partition coefficient (Wildman–Crippen LogP) is 4.11. The van der Waals surface area contributed by atoms with Crippen LogP contribution in [0.4, 0.5) is 0 Å². The number of carbonyl (C=O) groups is 1. The van der Waals surface area contributed by atoms with Crippen LogP contribution < -0.4 is 4.74 Å². The zero-order valence-electron chi connectivity index (χ0n) is 16.7. The van der Waals surface area contributed by atoms with E-state index in [1.807, 2.05) is 36.9 Å². The second kappa shape index (κ2) is 7.62. The van der Waals surface area contributed by atoms with Gasteiger partial charge in [-0.15, -0.1) is 0 Å². The summed E-state index contributed by atoms with van der Waals surface area (Å²) >= 11 is 0. The maximum Gasteiger partial charge on any atom is 0.259 e. The number of nitrogens with zero attached hydrogens (tertiary/aromatic N) is 4. The maximum atomic E-state index is 13.6. The highest BCUT2D eigenvalue weighted by atomic mass is 16.5. The van der Waals surface area contributed by atoms with Gasteiger partial charge in [0.2, 0.25) is 0 Å². The van der Waals surface area contributed by atoms with Gasteiger partial charge in [0, 0.05) is 17.9 Å². The Morgan fingerprint density at radius 2 is 1.93 bits per heavy atom. The van der Waals surface area contributed by atoms with Crippen LogP contribution in [0.5, 0.6) is 5.75 Å². The smallest absolute Gasteiger partial charge is 0.259 e. The van der Waals surface area contributed by atoms with E-state index in [-0.39, 0.29) is 11.9 Å². The second-order valence-corrected chi connectivity index (χ2v) is 7.47. The first kappa shape index (κ1) is 18.5. The van der Waals surface area contributed by atoms with Gasteiger partial charge in [-0.25, -0.2) is 9.50 Å². The standard InChI is InChI=1S/C22H26N4O2/c1-15-13-16(2)26-21(24-15)19(14-23-26)22(27)25-12-6-4-5-7-20(25)17-8-10-18(28-3)11-9-17/h8-11,13-14,20H,4-7,12H2,1-3H3/t20-/m1/s1. The molecule has 1 aliphatic heterocycles. The van der Waals surface area contributed by atoms with Crippen LogP contribution in [0.3, 0.4) is 0 Å². The van der Waals surface area contributed by atoms with Crippen LogP contribution in [0.25, 0.3) is 5.65 Å². The number of fused-ring (bicyclic) bond motifs is 1. The fourth-order valence-corrected chi connectivity index (χ4v) is 4.10. The topological polar surface area (TPSA) is 59.7 Å². The summed E-state index contributed by atoms with van der Waals surface area (Å²) in [6, 6.07) is 10.1. The Hall–Kier alpha value is -2.89. The number of aryl methyl sites for hydroxylation is 2. The zero-order chi connectivity index (χ0) is 19.7. The number of likely N-dealkylation sites (tertiary alicyclic amines) is 1. The Morgan fingerprint density at radius 1 is 1.14 bits per heavy atom. The van der Waals surface area contributed by atoms with E-state index in [2.05, 4.69) is 22.2 Å². The van der Waals surface area contributed by atoms with E-state index in [0.29, 0.717) is 11.2 Å². The molecule has 146 valence electrons. The van der Waals surface area contributed by atoms with E-state index >= 15 is 0 Å². The van der Waals surface area contributed by atoms with Gasteiger partial charge in [-0.05, 0) is 50.5 Å². The zero-order valence-corrected chi connectivity index (χ0v) is 16.7. The number of carbonyl (C=O) groups excluding carboxylic acids is 1. The SMILES string of the molecule is COc1ccc([C@H]2CCCCCN2C(=O)c2cnn3c(C)cc(C)nc23)cc1. The van der Waals surface area contributed by atoms with Crippen molar-refractivity contribution in [3.8, 4) is 5.75 Å². The van der Waals surface area contributed by atoms with Gasteiger partial charge in [0.05, 0.1) is 19.3 Å². The summed E-state index contributed by atoms with van der Waals surface area (Å²) in [5, 5.41) is 4.41. The predicted molar refractivity (Wildman–Crippen MR) is 108 cm³/mol. The van der Waals surface area contributed by atoms with Gasteiger partial charge in [-0.3, -0.25) is 4.79 Å².